The van der Waals surface area contributed by atoms with Crippen LogP contribution >= 0.6 is 22.9 Å². The predicted molar refractivity (Wildman–Crippen MR) is 71.2 cm³/mol. The molecule has 0 spiro atoms. The average Bonchev–Trinajstić information content (AvgIpc) is 2.81. The normalized spacial score (nSPS) is 10.6. The first-order valence-corrected chi connectivity index (χ1v) is 6.14. The van der Waals surface area contributed by atoms with E-state index >= 15 is 0 Å². The maximum atomic E-state index is 11.5. The number of carbonyl (C=O) groups is 1. The quantitative estimate of drug-likeness (QED) is 0.863. The summed E-state index contributed by atoms with van der Waals surface area (Å²) in [7, 11) is 0. The molecule has 0 aliphatic rings. The summed E-state index contributed by atoms with van der Waals surface area (Å²) in [6.07, 6.45) is 4.83. The third-order valence-electron chi connectivity index (χ3n) is 1.96. The summed E-state index contributed by atoms with van der Waals surface area (Å²) in [6, 6.07) is 7.24. The second kappa shape index (κ2) is 5.61. The van der Waals surface area contributed by atoms with Crippen LogP contribution in [0.2, 0.25) is 5.02 Å². The Morgan fingerprint density at radius 2 is 2.12 bits per heavy atom. The minimum Gasteiger partial charge on any atom is -0.298 e. The largest absolute Gasteiger partial charge is 0.298 e. The second-order valence-corrected chi connectivity index (χ2v) is 4.54. The Morgan fingerprint density at radius 3 is 2.76 bits per heavy atom. The summed E-state index contributed by atoms with van der Waals surface area (Å²) in [4.78, 5) is 15.5. The van der Waals surface area contributed by atoms with E-state index in [9.17, 15) is 4.79 Å². The lowest BCUT2D eigenvalue weighted by Crippen LogP contribution is -2.06. The van der Waals surface area contributed by atoms with Gasteiger partial charge in [0.05, 0.1) is 0 Å². The molecule has 17 heavy (non-hydrogen) atoms. The highest BCUT2D eigenvalue weighted by molar-refractivity contribution is 7.13. The van der Waals surface area contributed by atoms with Gasteiger partial charge in [-0.15, -0.1) is 11.3 Å². The fraction of sp³-hybridized carbons (Fsp3) is 0. The molecule has 3 nitrogen and oxygen atoms in total. The summed E-state index contributed by atoms with van der Waals surface area (Å²) in [5.41, 5.74) is 0.920. The highest BCUT2D eigenvalue weighted by Gasteiger charge is 1.98. The molecule has 0 aliphatic carbocycles. The molecule has 5 heteroatoms. The molecular weight excluding hydrogens is 256 g/mol. The Bertz CT molecular complexity index is 520. The topological polar surface area (TPSA) is 42.0 Å². The number of rotatable bonds is 3. The number of amides is 1. The lowest BCUT2D eigenvalue weighted by molar-refractivity contribution is -0.111. The van der Waals surface area contributed by atoms with Gasteiger partial charge in [0, 0.05) is 22.7 Å². The van der Waals surface area contributed by atoms with Crippen LogP contribution in [0.4, 0.5) is 5.13 Å². The zero-order valence-corrected chi connectivity index (χ0v) is 10.3. The fourth-order valence-corrected chi connectivity index (χ4v) is 1.84. The number of benzene rings is 1. The Kier molecular flexibility index (Phi) is 3.90. The number of anilines is 1. The van der Waals surface area contributed by atoms with Gasteiger partial charge >= 0.3 is 0 Å². The number of hydrogen-bond donors (Lipinski definition) is 1. The van der Waals surface area contributed by atoms with E-state index in [0.717, 1.165) is 5.56 Å². The minimum atomic E-state index is -0.199. The van der Waals surface area contributed by atoms with Crippen molar-refractivity contribution in [1.29, 1.82) is 0 Å². The van der Waals surface area contributed by atoms with Crippen molar-refractivity contribution in [2.45, 2.75) is 0 Å². The molecule has 0 bridgehead atoms. The number of nitrogens with zero attached hydrogens (tertiary/aromatic N) is 1. The van der Waals surface area contributed by atoms with E-state index in [1.54, 1.807) is 29.8 Å². The summed E-state index contributed by atoms with van der Waals surface area (Å²) in [5.74, 6) is -0.199. The van der Waals surface area contributed by atoms with Gasteiger partial charge in [-0.05, 0) is 23.8 Å². The summed E-state index contributed by atoms with van der Waals surface area (Å²) in [6.45, 7) is 0. The molecule has 0 saturated heterocycles. The highest BCUT2D eigenvalue weighted by Crippen LogP contribution is 2.12. The third kappa shape index (κ3) is 3.69. The fourth-order valence-electron chi connectivity index (χ4n) is 1.18. The van der Waals surface area contributed by atoms with Gasteiger partial charge in [0.15, 0.2) is 5.13 Å². The number of nitrogens with one attached hydrogen (secondary N) is 1. The molecule has 0 saturated carbocycles. The number of halogens is 1. The van der Waals surface area contributed by atoms with Crippen LogP contribution in [0.15, 0.2) is 41.9 Å². The molecule has 1 aromatic heterocycles. The Hall–Kier alpha value is -1.65. The second-order valence-electron chi connectivity index (χ2n) is 3.21. The highest BCUT2D eigenvalue weighted by atomic mass is 35.5. The molecule has 1 N–H and O–H groups in total. The van der Waals surface area contributed by atoms with E-state index in [-0.39, 0.29) is 5.91 Å². The van der Waals surface area contributed by atoms with Crippen molar-refractivity contribution in [2.75, 3.05) is 5.32 Å². The van der Waals surface area contributed by atoms with Crippen LogP contribution in [-0.4, -0.2) is 10.9 Å². The van der Waals surface area contributed by atoms with Gasteiger partial charge in [-0.1, -0.05) is 23.7 Å². The van der Waals surface area contributed by atoms with E-state index in [1.165, 1.54) is 17.4 Å². The van der Waals surface area contributed by atoms with Crippen molar-refractivity contribution in [1.82, 2.24) is 4.98 Å². The third-order valence-corrected chi connectivity index (χ3v) is 2.90. The summed E-state index contributed by atoms with van der Waals surface area (Å²) < 4.78 is 0. The number of aromatic nitrogens is 1. The SMILES string of the molecule is O=C(C=Cc1ccc(Cl)cc1)Nc1nccs1. The van der Waals surface area contributed by atoms with Crippen LogP contribution in [0.25, 0.3) is 6.08 Å². The van der Waals surface area contributed by atoms with Crippen LogP contribution in [0.1, 0.15) is 5.56 Å². The standard InChI is InChI=1S/C12H9ClN2OS/c13-10-4-1-9(2-5-10)3-6-11(16)15-12-14-7-8-17-12/h1-8H,(H,14,15,16). The monoisotopic (exact) mass is 264 g/mol. The molecule has 1 amide bonds. The Balaban J connectivity index is 1.96. The minimum absolute atomic E-state index is 0.199. The van der Waals surface area contributed by atoms with Gasteiger partial charge in [0.1, 0.15) is 0 Å². The molecular formula is C12H9ClN2OS. The molecule has 0 atom stereocenters. The van der Waals surface area contributed by atoms with Crippen molar-refractivity contribution in [3.63, 3.8) is 0 Å². The zero-order chi connectivity index (χ0) is 12.1. The Morgan fingerprint density at radius 1 is 1.35 bits per heavy atom. The number of carbonyl (C=O) groups excluding carboxylic acids is 1. The smallest absolute Gasteiger partial charge is 0.250 e. The average molecular weight is 265 g/mol. The maximum Gasteiger partial charge on any atom is 0.250 e. The molecule has 0 aliphatic heterocycles. The number of hydrogen-bond acceptors (Lipinski definition) is 3. The molecule has 0 fully saturated rings. The van der Waals surface area contributed by atoms with E-state index < -0.39 is 0 Å². The van der Waals surface area contributed by atoms with Gasteiger partial charge in [-0.3, -0.25) is 10.1 Å². The molecule has 2 aromatic rings. The van der Waals surface area contributed by atoms with Crippen molar-refractivity contribution in [3.05, 3.63) is 52.5 Å². The lowest BCUT2D eigenvalue weighted by atomic mass is 10.2. The molecule has 2 rings (SSSR count). The first-order chi connectivity index (χ1) is 8.24. The van der Waals surface area contributed by atoms with Crippen LogP contribution in [0.5, 0.6) is 0 Å². The molecule has 0 radical (unpaired) electrons. The van der Waals surface area contributed by atoms with Gasteiger partial charge in [0.2, 0.25) is 5.91 Å². The lowest BCUT2D eigenvalue weighted by Gasteiger charge is -1.96. The number of thiazole rings is 1. The van der Waals surface area contributed by atoms with Gasteiger partial charge in [0.25, 0.3) is 0 Å². The molecule has 86 valence electrons. The van der Waals surface area contributed by atoms with Gasteiger partial charge in [-0.2, -0.15) is 0 Å². The summed E-state index contributed by atoms with van der Waals surface area (Å²) >= 11 is 7.14. The van der Waals surface area contributed by atoms with Crippen molar-refractivity contribution in [3.8, 4) is 0 Å². The predicted octanol–water partition coefficient (Wildman–Crippen LogP) is 3.45. The van der Waals surface area contributed by atoms with Crippen LogP contribution in [0.3, 0.4) is 0 Å². The maximum absolute atomic E-state index is 11.5. The summed E-state index contributed by atoms with van der Waals surface area (Å²) in [5, 5.41) is 5.73. The van der Waals surface area contributed by atoms with Crippen molar-refractivity contribution < 1.29 is 4.79 Å². The van der Waals surface area contributed by atoms with E-state index in [4.69, 9.17) is 11.6 Å². The van der Waals surface area contributed by atoms with Crippen LogP contribution in [-0.2, 0) is 4.79 Å². The van der Waals surface area contributed by atoms with Gasteiger partial charge in [-0.25, -0.2) is 4.98 Å². The van der Waals surface area contributed by atoms with Gasteiger partial charge < -0.3 is 0 Å². The van der Waals surface area contributed by atoms with Crippen LogP contribution < -0.4 is 5.32 Å². The van der Waals surface area contributed by atoms with Crippen molar-refractivity contribution >= 4 is 40.1 Å². The molecule has 0 unspecified atom stereocenters. The molecule has 1 aromatic carbocycles. The molecule has 1 heterocycles. The van der Waals surface area contributed by atoms with E-state index in [2.05, 4.69) is 10.3 Å². The van der Waals surface area contributed by atoms with E-state index in [1.807, 2.05) is 12.1 Å². The Labute approximate surface area is 108 Å². The van der Waals surface area contributed by atoms with Crippen molar-refractivity contribution in [2.24, 2.45) is 0 Å². The zero-order valence-electron chi connectivity index (χ0n) is 8.76. The first kappa shape index (κ1) is 11.8. The van der Waals surface area contributed by atoms with E-state index in [0.29, 0.717) is 10.2 Å². The van der Waals surface area contributed by atoms with Crippen LogP contribution in [0, 0.1) is 0 Å². The first-order valence-electron chi connectivity index (χ1n) is 4.88.